The Kier molecular flexibility index (Phi) is 6.94. The topological polar surface area (TPSA) is 56.5 Å². The molecular weight excluding hydrogens is 247 g/mol. The van der Waals surface area contributed by atoms with Crippen LogP contribution in [0, 0.1) is 12.7 Å². The highest BCUT2D eigenvalue weighted by atomic mass is 19.1. The van der Waals surface area contributed by atoms with Gasteiger partial charge in [0.25, 0.3) is 0 Å². The van der Waals surface area contributed by atoms with Gasteiger partial charge >= 0.3 is 0 Å². The summed E-state index contributed by atoms with van der Waals surface area (Å²) in [6, 6.07) is 4.51. The second kappa shape index (κ2) is 8.22. The van der Waals surface area contributed by atoms with Crippen molar-refractivity contribution in [2.45, 2.75) is 39.5 Å². The highest BCUT2D eigenvalue weighted by Crippen LogP contribution is 2.15. The van der Waals surface area contributed by atoms with Gasteiger partial charge in [0.05, 0.1) is 6.04 Å². The minimum atomic E-state index is -0.442. The quantitative estimate of drug-likeness (QED) is 0.430. The van der Waals surface area contributed by atoms with Crippen LogP contribution in [-0.2, 0) is 15.9 Å². The molecule has 0 aliphatic heterocycles. The number of nitrogens with one attached hydrogen (secondary N) is 1. The molecule has 0 aliphatic rings. The lowest BCUT2D eigenvalue weighted by molar-refractivity contribution is -0.153. The molecule has 1 atom stereocenters. The molecule has 4 nitrogen and oxygen atoms in total. The van der Waals surface area contributed by atoms with Gasteiger partial charge in [-0.2, -0.15) is 0 Å². The summed E-state index contributed by atoms with van der Waals surface area (Å²) in [7, 11) is 0. The largest absolute Gasteiger partial charge is 0.351 e. The van der Waals surface area contributed by atoms with Crippen molar-refractivity contribution in [1.82, 2.24) is 5.43 Å². The Morgan fingerprint density at radius 1 is 1.26 bits per heavy atom. The molecule has 1 aromatic rings. The first-order valence-electron chi connectivity index (χ1n) is 6.56. The zero-order valence-electron chi connectivity index (χ0n) is 11.8. The van der Waals surface area contributed by atoms with Crippen molar-refractivity contribution in [3.63, 3.8) is 0 Å². The number of hydrogen-bond acceptors (Lipinski definition) is 4. The van der Waals surface area contributed by atoms with E-state index in [1.807, 2.05) is 20.8 Å². The summed E-state index contributed by atoms with van der Waals surface area (Å²) >= 11 is 0. The Balaban J connectivity index is 2.81. The molecule has 0 amide bonds. The van der Waals surface area contributed by atoms with E-state index in [-0.39, 0.29) is 11.9 Å². The van der Waals surface area contributed by atoms with E-state index in [2.05, 4.69) is 5.43 Å². The first-order valence-corrected chi connectivity index (χ1v) is 6.56. The second-order valence-corrected chi connectivity index (χ2v) is 4.33. The van der Waals surface area contributed by atoms with Gasteiger partial charge in [-0.15, -0.1) is 0 Å². The molecule has 0 bridgehead atoms. The van der Waals surface area contributed by atoms with E-state index in [1.165, 1.54) is 12.1 Å². The van der Waals surface area contributed by atoms with Crippen LogP contribution >= 0.6 is 0 Å². The third-order valence-corrected chi connectivity index (χ3v) is 2.96. The molecule has 3 N–H and O–H groups in total. The second-order valence-electron chi connectivity index (χ2n) is 4.33. The summed E-state index contributed by atoms with van der Waals surface area (Å²) in [5.41, 5.74) is 4.61. The standard InChI is InChI=1S/C14H23FN2O2/c1-4-18-14(19-5-2)13(17-16)9-11-8-12(15)7-6-10(11)3/h6-8,13-14,17H,4-5,9,16H2,1-3H3. The number of ether oxygens (including phenoxy) is 2. The minimum Gasteiger partial charge on any atom is -0.351 e. The van der Waals surface area contributed by atoms with E-state index in [0.717, 1.165) is 11.1 Å². The van der Waals surface area contributed by atoms with Crippen LogP contribution in [0.2, 0.25) is 0 Å². The number of hydrogen-bond donors (Lipinski definition) is 2. The van der Waals surface area contributed by atoms with Crippen molar-refractivity contribution >= 4 is 0 Å². The van der Waals surface area contributed by atoms with Gasteiger partial charge in [0.2, 0.25) is 0 Å². The van der Waals surface area contributed by atoms with E-state index >= 15 is 0 Å². The van der Waals surface area contributed by atoms with Crippen molar-refractivity contribution < 1.29 is 13.9 Å². The van der Waals surface area contributed by atoms with Crippen molar-refractivity contribution in [3.05, 3.63) is 35.1 Å². The molecule has 5 heteroatoms. The van der Waals surface area contributed by atoms with Gasteiger partial charge in [-0.3, -0.25) is 11.3 Å². The fourth-order valence-electron chi connectivity index (χ4n) is 1.94. The van der Waals surface area contributed by atoms with Crippen molar-refractivity contribution in [2.24, 2.45) is 5.84 Å². The fourth-order valence-corrected chi connectivity index (χ4v) is 1.94. The summed E-state index contributed by atoms with van der Waals surface area (Å²) in [5.74, 6) is 5.32. The Morgan fingerprint density at radius 2 is 1.89 bits per heavy atom. The maximum absolute atomic E-state index is 13.3. The Hall–Kier alpha value is -1.01. The van der Waals surface area contributed by atoms with Gasteiger partial charge < -0.3 is 9.47 Å². The minimum absolute atomic E-state index is 0.222. The fraction of sp³-hybridized carbons (Fsp3) is 0.571. The van der Waals surface area contributed by atoms with E-state index in [0.29, 0.717) is 19.6 Å². The van der Waals surface area contributed by atoms with Crippen LogP contribution in [0.25, 0.3) is 0 Å². The highest BCUT2D eigenvalue weighted by molar-refractivity contribution is 5.27. The summed E-state index contributed by atoms with van der Waals surface area (Å²) in [5, 5.41) is 0. The third-order valence-electron chi connectivity index (χ3n) is 2.96. The summed E-state index contributed by atoms with van der Waals surface area (Å²) in [6.45, 7) is 6.80. The monoisotopic (exact) mass is 270 g/mol. The van der Waals surface area contributed by atoms with Crippen LogP contribution in [0.5, 0.6) is 0 Å². The molecule has 0 saturated heterocycles. The normalized spacial score (nSPS) is 12.9. The summed E-state index contributed by atoms with van der Waals surface area (Å²) < 4.78 is 24.3. The lowest BCUT2D eigenvalue weighted by atomic mass is 10.0. The number of nitrogens with two attached hydrogens (primary N) is 1. The Morgan fingerprint density at radius 3 is 2.42 bits per heavy atom. The zero-order valence-corrected chi connectivity index (χ0v) is 11.8. The molecule has 1 aromatic carbocycles. The number of rotatable bonds is 8. The maximum Gasteiger partial charge on any atom is 0.174 e. The highest BCUT2D eigenvalue weighted by Gasteiger charge is 2.22. The predicted molar refractivity (Wildman–Crippen MR) is 73.0 cm³/mol. The molecule has 0 fully saturated rings. The van der Waals surface area contributed by atoms with Crippen molar-refractivity contribution in [2.75, 3.05) is 13.2 Å². The maximum atomic E-state index is 13.3. The number of aryl methyl sites for hydroxylation is 1. The van der Waals surface area contributed by atoms with Gasteiger partial charge in [0, 0.05) is 13.2 Å². The molecule has 1 unspecified atom stereocenters. The third kappa shape index (κ3) is 4.87. The molecule has 108 valence electrons. The molecular formula is C14H23FN2O2. The average Bonchev–Trinajstić information content (AvgIpc) is 2.39. The van der Waals surface area contributed by atoms with Crippen LogP contribution in [-0.4, -0.2) is 25.5 Å². The van der Waals surface area contributed by atoms with Gasteiger partial charge in [-0.1, -0.05) is 6.07 Å². The zero-order chi connectivity index (χ0) is 14.3. The van der Waals surface area contributed by atoms with Crippen LogP contribution < -0.4 is 11.3 Å². The SMILES string of the molecule is CCOC(OCC)C(Cc1cc(F)ccc1C)NN. The molecule has 0 radical (unpaired) electrons. The van der Waals surface area contributed by atoms with Crippen molar-refractivity contribution in [1.29, 1.82) is 0 Å². The summed E-state index contributed by atoms with van der Waals surface area (Å²) in [4.78, 5) is 0. The number of benzene rings is 1. The molecule has 0 heterocycles. The smallest absolute Gasteiger partial charge is 0.174 e. The van der Waals surface area contributed by atoms with Gasteiger partial charge in [0.1, 0.15) is 5.82 Å². The predicted octanol–water partition coefficient (Wildman–Crippen LogP) is 1.91. The van der Waals surface area contributed by atoms with Crippen LogP contribution in [0.4, 0.5) is 4.39 Å². The lowest BCUT2D eigenvalue weighted by Gasteiger charge is -2.26. The summed E-state index contributed by atoms with van der Waals surface area (Å²) in [6.07, 6.45) is 0.104. The van der Waals surface area contributed by atoms with E-state index in [1.54, 1.807) is 6.07 Å². The molecule has 0 saturated carbocycles. The van der Waals surface area contributed by atoms with Crippen LogP contribution in [0.1, 0.15) is 25.0 Å². The first kappa shape index (κ1) is 16.0. The lowest BCUT2D eigenvalue weighted by Crippen LogP contribution is -2.48. The number of hydrazine groups is 1. The number of halogens is 1. The Labute approximate surface area is 114 Å². The average molecular weight is 270 g/mol. The van der Waals surface area contributed by atoms with Crippen LogP contribution in [0.15, 0.2) is 18.2 Å². The molecule has 1 rings (SSSR count). The van der Waals surface area contributed by atoms with Crippen LogP contribution in [0.3, 0.4) is 0 Å². The van der Waals surface area contributed by atoms with E-state index < -0.39 is 6.29 Å². The van der Waals surface area contributed by atoms with E-state index in [4.69, 9.17) is 15.3 Å². The van der Waals surface area contributed by atoms with Gasteiger partial charge in [0.15, 0.2) is 6.29 Å². The first-order chi connectivity index (χ1) is 9.12. The Bertz CT molecular complexity index is 382. The van der Waals surface area contributed by atoms with Gasteiger partial charge in [-0.25, -0.2) is 4.39 Å². The molecule has 0 aliphatic carbocycles. The molecule has 0 spiro atoms. The van der Waals surface area contributed by atoms with Crippen molar-refractivity contribution in [3.8, 4) is 0 Å². The van der Waals surface area contributed by atoms with Gasteiger partial charge in [-0.05, 0) is 50.5 Å². The molecule has 0 aromatic heterocycles. The van der Waals surface area contributed by atoms with E-state index in [9.17, 15) is 4.39 Å². The molecule has 19 heavy (non-hydrogen) atoms.